The van der Waals surface area contributed by atoms with Gasteiger partial charge in [0.15, 0.2) is 0 Å². The summed E-state index contributed by atoms with van der Waals surface area (Å²) in [5.41, 5.74) is 0.725. The Kier molecular flexibility index (Phi) is 7.71. The van der Waals surface area contributed by atoms with Crippen molar-refractivity contribution in [2.75, 3.05) is 46.3 Å². The molecule has 0 spiro atoms. The van der Waals surface area contributed by atoms with Crippen molar-refractivity contribution in [3.63, 3.8) is 0 Å². The van der Waals surface area contributed by atoms with Crippen LogP contribution in [0.15, 0.2) is 12.1 Å². The predicted octanol–water partition coefficient (Wildman–Crippen LogP) is 1.92. The standard InChI is InChI=1S/C14H21ClN2O4/c1-19-7-6-17-14(18)4-5-16-11-9-12(20-2)10(15)8-13(11)21-3/h8-9,16H,4-7H2,1-3H3,(H,17,18). The van der Waals surface area contributed by atoms with Gasteiger partial charge in [-0.1, -0.05) is 11.6 Å². The summed E-state index contributed by atoms with van der Waals surface area (Å²) in [5.74, 6) is 1.10. The van der Waals surface area contributed by atoms with Crippen LogP contribution in [0.3, 0.4) is 0 Å². The van der Waals surface area contributed by atoms with E-state index in [9.17, 15) is 4.79 Å². The van der Waals surface area contributed by atoms with Crippen LogP contribution in [-0.2, 0) is 9.53 Å². The summed E-state index contributed by atoms with van der Waals surface area (Å²) in [4.78, 5) is 11.6. The number of amides is 1. The molecule has 1 rings (SSSR count). The lowest BCUT2D eigenvalue weighted by Gasteiger charge is -2.13. The number of methoxy groups -OCH3 is 3. The maximum atomic E-state index is 11.6. The zero-order chi connectivity index (χ0) is 15.7. The first kappa shape index (κ1) is 17.4. The Morgan fingerprint density at radius 1 is 1.14 bits per heavy atom. The van der Waals surface area contributed by atoms with E-state index in [1.165, 1.54) is 0 Å². The molecule has 21 heavy (non-hydrogen) atoms. The van der Waals surface area contributed by atoms with Gasteiger partial charge < -0.3 is 24.8 Å². The largest absolute Gasteiger partial charge is 0.495 e. The van der Waals surface area contributed by atoms with Crippen molar-refractivity contribution >= 4 is 23.2 Å². The topological polar surface area (TPSA) is 68.8 Å². The van der Waals surface area contributed by atoms with Gasteiger partial charge in [0.1, 0.15) is 11.5 Å². The molecule has 0 radical (unpaired) electrons. The molecule has 1 aromatic carbocycles. The summed E-state index contributed by atoms with van der Waals surface area (Å²) < 4.78 is 15.3. The fourth-order valence-electron chi connectivity index (χ4n) is 1.69. The number of carbonyl (C=O) groups excluding carboxylic acids is 1. The Morgan fingerprint density at radius 2 is 1.86 bits per heavy atom. The molecule has 0 unspecified atom stereocenters. The molecule has 0 saturated heterocycles. The van der Waals surface area contributed by atoms with Crippen LogP contribution < -0.4 is 20.1 Å². The van der Waals surface area contributed by atoms with Crippen molar-refractivity contribution in [2.45, 2.75) is 6.42 Å². The SMILES string of the molecule is COCCNC(=O)CCNc1cc(OC)c(Cl)cc1OC. The Bertz CT molecular complexity index is 469. The van der Waals surface area contributed by atoms with Crippen molar-refractivity contribution < 1.29 is 19.0 Å². The van der Waals surface area contributed by atoms with Crippen LogP contribution in [0.25, 0.3) is 0 Å². The van der Waals surface area contributed by atoms with E-state index in [2.05, 4.69) is 10.6 Å². The van der Waals surface area contributed by atoms with Crippen molar-refractivity contribution in [1.82, 2.24) is 5.32 Å². The molecule has 0 aliphatic rings. The summed E-state index contributed by atoms with van der Waals surface area (Å²) in [6.07, 6.45) is 0.345. The summed E-state index contributed by atoms with van der Waals surface area (Å²) in [7, 11) is 4.69. The normalized spacial score (nSPS) is 10.1. The highest BCUT2D eigenvalue weighted by atomic mass is 35.5. The number of ether oxygens (including phenoxy) is 3. The van der Waals surface area contributed by atoms with Crippen LogP contribution in [0.2, 0.25) is 5.02 Å². The first-order valence-corrected chi connectivity index (χ1v) is 6.91. The van der Waals surface area contributed by atoms with Crippen LogP contribution >= 0.6 is 11.6 Å². The van der Waals surface area contributed by atoms with E-state index in [0.29, 0.717) is 42.6 Å². The van der Waals surface area contributed by atoms with Gasteiger partial charge in [-0.2, -0.15) is 0 Å². The number of hydrogen-bond donors (Lipinski definition) is 2. The maximum Gasteiger partial charge on any atom is 0.221 e. The van der Waals surface area contributed by atoms with E-state index >= 15 is 0 Å². The molecule has 2 N–H and O–H groups in total. The van der Waals surface area contributed by atoms with Crippen molar-refractivity contribution in [2.24, 2.45) is 0 Å². The zero-order valence-electron chi connectivity index (χ0n) is 12.5. The zero-order valence-corrected chi connectivity index (χ0v) is 13.3. The molecule has 0 fully saturated rings. The van der Waals surface area contributed by atoms with Gasteiger partial charge in [0.2, 0.25) is 5.91 Å². The molecule has 0 aromatic heterocycles. The van der Waals surface area contributed by atoms with Gasteiger partial charge in [0.25, 0.3) is 0 Å². The number of anilines is 1. The minimum atomic E-state index is -0.0422. The minimum absolute atomic E-state index is 0.0422. The predicted molar refractivity (Wildman–Crippen MR) is 82.5 cm³/mol. The number of rotatable bonds is 9. The van der Waals surface area contributed by atoms with Gasteiger partial charge in [0.05, 0.1) is 31.5 Å². The third-order valence-electron chi connectivity index (χ3n) is 2.77. The molecule has 0 heterocycles. The van der Waals surface area contributed by atoms with E-state index in [-0.39, 0.29) is 5.91 Å². The van der Waals surface area contributed by atoms with Gasteiger partial charge in [-0.05, 0) is 0 Å². The lowest BCUT2D eigenvalue weighted by Crippen LogP contribution is -2.28. The first-order chi connectivity index (χ1) is 10.1. The molecule has 0 aliphatic carbocycles. The van der Waals surface area contributed by atoms with Crippen LogP contribution in [-0.4, -0.2) is 46.9 Å². The number of halogens is 1. The van der Waals surface area contributed by atoms with Gasteiger partial charge >= 0.3 is 0 Å². The summed E-state index contributed by atoms with van der Waals surface area (Å²) >= 11 is 6.03. The Balaban J connectivity index is 2.52. The van der Waals surface area contributed by atoms with Crippen LogP contribution in [0, 0.1) is 0 Å². The number of hydrogen-bond acceptors (Lipinski definition) is 5. The molecule has 0 atom stereocenters. The smallest absolute Gasteiger partial charge is 0.221 e. The molecule has 0 saturated carbocycles. The molecule has 1 amide bonds. The van der Waals surface area contributed by atoms with Crippen LogP contribution in [0.4, 0.5) is 5.69 Å². The highest BCUT2D eigenvalue weighted by Crippen LogP contribution is 2.35. The second kappa shape index (κ2) is 9.31. The van der Waals surface area contributed by atoms with E-state index < -0.39 is 0 Å². The fraction of sp³-hybridized carbons (Fsp3) is 0.500. The third-order valence-corrected chi connectivity index (χ3v) is 3.07. The average molecular weight is 317 g/mol. The second-order valence-electron chi connectivity index (χ2n) is 4.21. The van der Waals surface area contributed by atoms with Crippen molar-refractivity contribution in [3.8, 4) is 11.5 Å². The van der Waals surface area contributed by atoms with Gasteiger partial charge in [-0.3, -0.25) is 4.79 Å². The summed E-state index contributed by atoms with van der Waals surface area (Å²) in [6.45, 7) is 1.48. The molecule has 7 heteroatoms. The maximum absolute atomic E-state index is 11.6. The Hall–Kier alpha value is -1.66. The van der Waals surface area contributed by atoms with Gasteiger partial charge in [-0.25, -0.2) is 0 Å². The molecule has 0 bridgehead atoms. The molecular weight excluding hydrogens is 296 g/mol. The minimum Gasteiger partial charge on any atom is -0.495 e. The highest BCUT2D eigenvalue weighted by Gasteiger charge is 2.10. The monoisotopic (exact) mass is 316 g/mol. The van der Waals surface area contributed by atoms with Gasteiger partial charge in [0, 0.05) is 38.8 Å². The molecule has 6 nitrogen and oxygen atoms in total. The molecule has 118 valence electrons. The molecule has 0 aliphatic heterocycles. The van der Waals surface area contributed by atoms with E-state index in [1.807, 2.05) is 0 Å². The van der Waals surface area contributed by atoms with E-state index in [0.717, 1.165) is 5.69 Å². The highest BCUT2D eigenvalue weighted by molar-refractivity contribution is 6.32. The number of nitrogens with one attached hydrogen (secondary N) is 2. The van der Waals surface area contributed by atoms with Crippen LogP contribution in [0.5, 0.6) is 11.5 Å². The van der Waals surface area contributed by atoms with Gasteiger partial charge in [-0.15, -0.1) is 0 Å². The van der Waals surface area contributed by atoms with Crippen LogP contribution in [0.1, 0.15) is 6.42 Å². The van der Waals surface area contributed by atoms with Crippen molar-refractivity contribution in [3.05, 3.63) is 17.2 Å². The summed E-state index contributed by atoms with van der Waals surface area (Å²) in [6, 6.07) is 3.41. The molecular formula is C14H21ClN2O4. The van der Waals surface area contributed by atoms with E-state index in [4.69, 9.17) is 25.8 Å². The second-order valence-corrected chi connectivity index (χ2v) is 4.61. The van der Waals surface area contributed by atoms with Crippen molar-refractivity contribution in [1.29, 1.82) is 0 Å². The Labute approximate surface area is 129 Å². The average Bonchev–Trinajstić information content (AvgIpc) is 2.48. The lowest BCUT2D eigenvalue weighted by atomic mass is 10.2. The third kappa shape index (κ3) is 5.69. The number of carbonyl (C=O) groups is 1. The van der Waals surface area contributed by atoms with E-state index in [1.54, 1.807) is 33.5 Å². The molecule has 1 aromatic rings. The quantitative estimate of drug-likeness (QED) is 0.681. The summed E-state index contributed by atoms with van der Waals surface area (Å²) in [5, 5.41) is 6.35. The number of benzene rings is 1. The lowest BCUT2D eigenvalue weighted by molar-refractivity contribution is -0.121. The fourth-order valence-corrected chi connectivity index (χ4v) is 1.92. The first-order valence-electron chi connectivity index (χ1n) is 6.53. The Morgan fingerprint density at radius 3 is 2.48 bits per heavy atom.